The van der Waals surface area contributed by atoms with Gasteiger partial charge in [-0.15, -0.1) is 0 Å². The second kappa shape index (κ2) is 12.6. The Labute approximate surface area is 172 Å². The van der Waals surface area contributed by atoms with Gasteiger partial charge in [0.2, 0.25) is 12.3 Å². The molecule has 1 heterocycles. The third-order valence-electron chi connectivity index (χ3n) is 5.21. The van der Waals surface area contributed by atoms with E-state index in [9.17, 15) is 18.8 Å². The van der Waals surface area contributed by atoms with Crippen molar-refractivity contribution in [2.75, 3.05) is 20.2 Å². The van der Waals surface area contributed by atoms with Crippen molar-refractivity contribution in [1.82, 2.24) is 15.5 Å². The van der Waals surface area contributed by atoms with E-state index in [1.54, 1.807) is 0 Å². The van der Waals surface area contributed by atoms with E-state index in [4.69, 9.17) is 4.74 Å². The average molecular weight is 418 g/mol. The lowest BCUT2D eigenvalue weighted by molar-refractivity contribution is -0.164. The van der Waals surface area contributed by atoms with Gasteiger partial charge in [0.1, 0.15) is 6.04 Å². The number of amides is 2. The van der Waals surface area contributed by atoms with Crippen molar-refractivity contribution in [3.05, 3.63) is 0 Å². The Morgan fingerprint density at radius 3 is 2.41 bits per heavy atom. The molecule has 0 bridgehead atoms. The van der Waals surface area contributed by atoms with E-state index in [2.05, 4.69) is 22.3 Å². The Morgan fingerprint density at radius 1 is 1.21 bits per heavy atom. The summed E-state index contributed by atoms with van der Waals surface area (Å²) in [5, 5.41) is 5.63. The molecular weight excluding hydrogens is 381 g/mol. The van der Waals surface area contributed by atoms with Crippen molar-refractivity contribution in [2.45, 2.75) is 84.3 Å². The van der Waals surface area contributed by atoms with Gasteiger partial charge in [-0.05, 0) is 32.1 Å². The second-order valence-corrected chi connectivity index (χ2v) is 7.71. The number of rotatable bonds is 11. The van der Waals surface area contributed by atoms with E-state index in [1.165, 1.54) is 14.0 Å². The minimum Gasteiger partial charge on any atom is -0.453 e. The Balaban J connectivity index is 2.91. The molecule has 1 saturated heterocycles. The predicted octanol–water partition coefficient (Wildman–Crippen LogP) is 2.37. The number of alkyl carbamates (subject to hydrolysis) is 1. The van der Waals surface area contributed by atoms with Crippen LogP contribution in [-0.2, 0) is 19.1 Å². The molecule has 0 aromatic heterocycles. The van der Waals surface area contributed by atoms with Crippen molar-refractivity contribution >= 4 is 18.0 Å². The summed E-state index contributed by atoms with van der Waals surface area (Å²) in [7, 11) is 1.28. The first kappa shape index (κ1) is 25.1. The fourth-order valence-electron chi connectivity index (χ4n) is 3.78. The highest BCUT2D eigenvalue weighted by Crippen LogP contribution is 2.24. The zero-order valence-corrected chi connectivity index (χ0v) is 18.2. The molecule has 3 unspecified atom stereocenters. The third-order valence-corrected chi connectivity index (χ3v) is 5.21. The van der Waals surface area contributed by atoms with Crippen molar-refractivity contribution in [2.24, 2.45) is 5.92 Å². The molecule has 0 saturated carbocycles. The number of nitrogens with zero attached hydrogens (tertiary/aromatic N) is 1. The van der Waals surface area contributed by atoms with Crippen LogP contribution in [0.3, 0.4) is 0 Å². The smallest absolute Gasteiger partial charge is 0.407 e. The molecule has 8 nitrogen and oxygen atoms in total. The Hall–Kier alpha value is -1.90. The van der Waals surface area contributed by atoms with E-state index in [1.807, 2.05) is 18.7 Å². The molecule has 168 valence electrons. The van der Waals surface area contributed by atoms with Crippen LogP contribution in [0.1, 0.15) is 59.8 Å². The van der Waals surface area contributed by atoms with E-state index in [-0.39, 0.29) is 30.3 Å². The van der Waals surface area contributed by atoms with Crippen LogP contribution in [0.5, 0.6) is 0 Å². The van der Waals surface area contributed by atoms with Gasteiger partial charge < -0.3 is 20.1 Å². The predicted molar refractivity (Wildman–Crippen MR) is 107 cm³/mol. The molecule has 1 fully saturated rings. The summed E-state index contributed by atoms with van der Waals surface area (Å²) in [5.41, 5.74) is 0. The largest absolute Gasteiger partial charge is 0.453 e. The number of esters is 1. The standard InChI is InChI=1S/C20H36FN3O5/c1-6-8-15(13(3)22-14(4)25)11-24-12-16(23-20(27)28-5)10-17(24)19(26)29-18(21)9-7-2/h13,15-18H,6-12H2,1-5H3,(H,22,25)(H,23,27)/t13?,15?,16-,17-,18?/m1/s1. The molecule has 1 aliphatic heterocycles. The van der Waals surface area contributed by atoms with Gasteiger partial charge in [0.25, 0.3) is 0 Å². The van der Waals surface area contributed by atoms with Crippen LogP contribution in [0.25, 0.3) is 0 Å². The Bertz CT molecular complexity index is 548. The number of hydrogen-bond donors (Lipinski definition) is 2. The molecule has 0 aliphatic carbocycles. The number of halogens is 1. The van der Waals surface area contributed by atoms with Crippen LogP contribution in [0.4, 0.5) is 9.18 Å². The lowest BCUT2D eigenvalue weighted by atomic mass is 9.95. The highest BCUT2D eigenvalue weighted by atomic mass is 19.1. The first-order chi connectivity index (χ1) is 13.7. The molecule has 1 rings (SSSR count). The minimum absolute atomic E-state index is 0.0780. The van der Waals surface area contributed by atoms with E-state index >= 15 is 0 Å². The van der Waals surface area contributed by atoms with Crippen molar-refractivity contribution in [1.29, 1.82) is 0 Å². The second-order valence-electron chi connectivity index (χ2n) is 7.71. The summed E-state index contributed by atoms with van der Waals surface area (Å²) in [4.78, 5) is 37.6. The number of carbonyl (C=O) groups is 3. The van der Waals surface area contributed by atoms with Gasteiger partial charge in [-0.25, -0.2) is 9.18 Å². The minimum atomic E-state index is -1.63. The first-order valence-corrected chi connectivity index (χ1v) is 10.4. The molecule has 0 spiro atoms. The fourth-order valence-corrected chi connectivity index (χ4v) is 3.78. The molecule has 9 heteroatoms. The normalized spacial score (nSPS) is 22.4. The molecule has 0 radical (unpaired) electrons. The summed E-state index contributed by atoms with van der Waals surface area (Å²) in [6.07, 6.45) is 0.616. The lowest BCUT2D eigenvalue weighted by Crippen LogP contribution is -2.46. The third kappa shape index (κ3) is 8.55. The highest BCUT2D eigenvalue weighted by Gasteiger charge is 2.40. The summed E-state index contributed by atoms with van der Waals surface area (Å²) < 4.78 is 23.5. The molecule has 2 amide bonds. The van der Waals surface area contributed by atoms with Crippen LogP contribution in [0.15, 0.2) is 0 Å². The number of ether oxygens (including phenoxy) is 2. The molecule has 1 aliphatic rings. The van der Waals surface area contributed by atoms with Gasteiger partial charge in [0.05, 0.1) is 7.11 Å². The maximum absolute atomic E-state index is 13.9. The van der Waals surface area contributed by atoms with Crippen LogP contribution in [0.2, 0.25) is 0 Å². The number of alkyl halides is 1. The lowest BCUT2D eigenvalue weighted by Gasteiger charge is -2.31. The summed E-state index contributed by atoms with van der Waals surface area (Å²) >= 11 is 0. The summed E-state index contributed by atoms with van der Waals surface area (Å²) in [6.45, 7) is 8.24. The zero-order valence-electron chi connectivity index (χ0n) is 18.2. The molecule has 29 heavy (non-hydrogen) atoms. The maximum atomic E-state index is 13.9. The van der Waals surface area contributed by atoms with Gasteiger partial charge in [0.15, 0.2) is 0 Å². The number of nitrogens with one attached hydrogen (secondary N) is 2. The van der Waals surface area contributed by atoms with Crippen molar-refractivity contribution < 1.29 is 28.2 Å². The Kier molecular flexibility index (Phi) is 10.9. The topological polar surface area (TPSA) is 97.0 Å². The van der Waals surface area contributed by atoms with Crippen molar-refractivity contribution in [3.8, 4) is 0 Å². The Morgan fingerprint density at radius 2 is 1.86 bits per heavy atom. The van der Waals surface area contributed by atoms with Gasteiger partial charge in [-0.2, -0.15) is 0 Å². The number of likely N-dealkylation sites (tertiary alicyclic amines) is 1. The quantitative estimate of drug-likeness (QED) is 0.501. The first-order valence-electron chi connectivity index (χ1n) is 10.4. The van der Waals surface area contributed by atoms with Crippen LogP contribution < -0.4 is 10.6 Å². The van der Waals surface area contributed by atoms with E-state index < -0.39 is 24.5 Å². The van der Waals surface area contributed by atoms with E-state index in [0.717, 1.165) is 12.8 Å². The summed E-state index contributed by atoms with van der Waals surface area (Å²) in [6, 6.07) is -1.04. The average Bonchev–Trinajstić information content (AvgIpc) is 3.03. The van der Waals surface area contributed by atoms with Gasteiger partial charge >= 0.3 is 12.1 Å². The van der Waals surface area contributed by atoms with Gasteiger partial charge in [0, 0.05) is 38.5 Å². The van der Waals surface area contributed by atoms with Crippen LogP contribution in [-0.4, -0.2) is 67.6 Å². The SMILES string of the molecule is CCCC(F)OC(=O)[C@H]1C[C@@H](NC(=O)OC)CN1CC(CCC)C(C)NC(C)=O. The van der Waals surface area contributed by atoms with Gasteiger partial charge in [-0.3, -0.25) is 14.5 Å². The number of methoxy groups -OCH3 is 1. The number of carbonyl (C=O) groups excluding carboxylic acids is 3. The van der Waals surface area contributed by atoms with Crippen LogP contribution >= 0.6 is 0 Å². The van der Waals surface area contributed by atoms with E-state index in [0.29, 0.717) is 25.9 Å². The molecular formula is C20H36FN3O5. The van der Waals surface area contributed by atoms with Crippen LogP contribution in [0, 0.1) is 5.92 Å². The maximum Gasteiger partial charge on any atom is 0.407 e. The molecule has 0 aromatic rings. The fraction of sp³-hybridized carbons (Fsp3) is 0.850. The van der Waals surface area contributed by atoms with Crippen molar-refractivity contribution in [3.63, 3.8) is 0 Å². The zero-order chi connectivity index (χ0) is 22.0. The summed E-state index contributed by atoms with van der Waals surface area (Å²) in [5.74, 6) is -0.628. The molecule has 0 aromatic carbocycles. The molecule has 2 N–H and O–H groups in total. The highest BCUT2D eigenvalue weighted by molar-refractivity contribution is 5.77. The van der Waals surface area contributed by atoms with Gasteiger partial charge in [-0.1, -0.05) is 20.3 Å². The monoisotopic (exact) mass is 417 g/mol. The molecule has 5 atom stereocenters. The number of hydrogen-bond acceptors (Lipinski definition) is 6.